The molecule has 30 heavy (non-hydrogen) atoms. The summed E-state index contributed by atoms with van der Waals surface area (Å²) in [6.45, 7) is 2.88. The number of amides is 1. The zero-order chi connectivity index (χ0) is 22.7. The molecule has 0 bridgehead atoms. The molecule has 12 heteroatoms. The van der Waals surface area contributed by atoms with Crippen LogP contribution in [-0.2, 0) is 9.59 Å². The molecule has 0 radical (unpaired) electrons. The average Bonchev–Trinajstić information content (AvgIpc) is 2.99. The number of thiol groups is 1. The molecule has 162 valence electrons. The number of thiophene rings is 1. The number of benzene rings is 1. The van der Waals surface area contributed by atoms with Crippen LogP contribution in [0, 0.1) is 0 Å². The van der Waals surface area contributed by atoms with E-state index in [0.29, 0.717) is 0 Å². The molecule has 2 N–H and O–H groups in total. The van der Waals surface area contributed by atoms with Crippen molar-refractivity contribution in [3.05, 3.63) is 45.8 Å². The van der Waals surface area contributed by atoms with E-state index in [9.17, 15) is 27.6 Å². The van der Waals surface area contributed by atoms with Crippen LogP contribution in [0.1, 0.15) is 29.8 Å². The molecule has 0 saturated heterocycles. The first-order chi connectivity index (χ1) is 13.8. The van der Waals surface area contributed by atoms with Crippen molar-refractivity contribution in [1.82, 2.24) is 5.32 Å². The van der Waals surface area contributed by atoms with E-state index in [4.69, 9.17) is 11.6 Å². The topological polar surface area (TPSA) is 84.5 Å². The molecular formula is C18H16ClF3N2O4S2. The van der Waals surface area contributed by atoms with Crippen molar-refractivity contribution >= 4 is 57.4 Å². The number of carbonyl (C=O) groups excluding carboxylic acids is 3. The summed E-state index contributed by atoms with van der Waals surface area (Å²) in [4.78, 5) is 36.3. The Labute approximate surface area is 184 Å². The van der Waals surface area contributed by atoms with E-state index in [2.05, 4.69) is 28.0 Å². The molecular weight excluding hydrogens is 465 g/mol. The first-order valence-electron chi connectivity index (χ1n) is 8.26. The highest BCUT2D eigenvalue weighted by Gasteiger charge is 2.31. The number of ketones is 1. The van der Waals surface area contributed by atoms with Gasteiger partial charge in [-0.3, -0.25) is 19.7 Å². The number of hydrogen-bond acceptors (Lipinski definition) is 6. The number of halogens is 4. The highest BCUT2D eigenvalue weighted by atomic mass is 35.5. The second kappa shape index (κ2) is 9.38. The van der Waals surface area contributed by atoms with Gasteiger partial charge in [-0.15, -0.1) is 37.1 Å². The lowest BCUT2D eigenvalue weighted by Gasteiger charge is -2.21. The van der Waals surface area contributed by atoms with Crippen LogP contribution in [0.4, 0.5) is 18.2 Å². The van der Waals surface area contributed by atoms with E-state index in [1.165, 1.54) is 18.2 Å². The Hall–Kier alpha value is -2.08. The maximum absolute atomic E-state index is 12.7. The van der Waals surface area contributed by atoms with Crippen LogP contribution < -0.4 is 15.4 Å². The van der Waals surface area contributed by atoms with Crippen LogP contribution in [-0.4, -0.2) is 35.3 Å². The molecule has 2 rings (SSSR count). The minimum absolute atomic E-state index is 0.0763. The van der Waals surface area contributed by atoms with Gasteiger partial charge in [0.1, 0.15) is 10.8 Å². The quantitative estimate of drug-likeness (QED) is 0.387. The third-order valence-electron chi connectivity index (χ3n) is 3.78. The van der Waals surface area contributed by atoms with Gasteiger partial charge in [0.25, 0.3) is 0 Å². The van der Waals surface area contributed by atoms with Gasteiger partial charge in [0.2, 0.25) is 11.0 Å². The molecule has 0 saturated carbocycles. The Kier molecular flexibility index (Phi) is 7.56. The summed E-state index contributed by atoms with van der Waals surface area (Å²) in [6, 6.07) is 5.70. The number of carbonyl (C=O) groups is 3. The summed E-state index contributed by atoms with van der Waals surface area (Å²) >= 11 is 10.6. The van der Waals surface area contributed by atoms with Gasteiger partial charge >= 0.3 is 6.36 Å². The summed E-state index contributed by atoms with van der Waals surface area (Å²) in [7, 11) is 0. The van der Waals surface area contributed by atoms with Crippen molar-refractivity contribution in [2.75, 3.05) is 11.9 Å². The minimum Gasteiger partial charge on any atom is -0.406 e. The van der Waals surface area contributed by atoms with Crippen molar-refractivity contribution < 1.29 is 32.3 Å². The predicted molar refractivity (Wildman–Crippen MR) is 111 cm³/mol. The molecule has 0 spiro atoms. The molecule has 0 aliphatic heterocycles. The molecule has 1 aromatic heterocycles. The molecule has 0 aliphatic rings. The smallest absolute Gasteiger partial charge is 0.406 e. The minimum atomic E-state index is -4.84. The van der Waals surface area contributed by atoms with E-state index in [1.807, 2.05) is 0 Å². The lowest BCUT2D eigenvalue weighted by Crippen LogP contribution is -2.47. The monoisotopic (exact) mass is 480 g/mol. The lowest BCUT2D eigenvalue weighted by molar-refractivity contribution is -0.274. The molecule has 1 heterocycles. The van der Waals surface area contributed by atoms with Gasteiger partial charge in [0.15, 0.2) is 5.78 Å². The number of rotatable bonds is 8. The maximum Gasteiger partial charge on any atom is 0.573 e. The molecule has 6 nitrogen and oxygen atoms in total. The van der Waals surface area contributed by atoms with Crippen LogP contribution in [0.15, 0.2) is 30.3 Å². The number of alkyl halides is 3. The van der Waals surface area contributed by atoms with Gasteiger partial charge in [-0.1, -0.05) is 11.6 Å². The third-order valence-corrected chi connectivity index (χ3v) is 5.51. The Bertz CT molecular complexity index is 959. The second-order valence-corrected chi connectivity index (χ2v) is 8.62. The summed E-state index contributed by atoms with van der Waals surface area (Å²) < 4.78 is 40.8. The standard InChI is InChI=1S/C18H16ClF3N2O4S2/c1-17(2,16(27)29)23-8-13(25)24-15-11(7-12(19)30-15)14(26)9-3-5-10(6-4-9)28-18(20,21)22/h3-7,23H,8H2,1-2H3,(H,24,25)(H,27,29). The lowest BCUT2D eigenvalue weighted by atomic mass is 10.1. The van der Waals surface area contributed by atoms with E-state index in [0.717, 1.165) is 23.5 Å². The van der Waals surface area contributed by atoms with Crippen molar-refractivity contribution in [1.29, 1.82) is 0 Å². The average molecular weight is 481 g/mol. The van der Waals surface area contributed by atoms with E-state index in [1.54, 1.807) is 13.8 Å². The third kappa shape index (κ3) is 6.73. The van der Waals surface area contributed by atoms with Crippen LogP contribution in [0.25, 0.3) is 0 Å². The number of hydrogen-bond donors (Lipinski definition) is 3. The summed E-state index contributed by atoms with van der Waals surface area (Å²) in [5, 5.41) is 4.99. The predicted octanol–water partition coefficient (Wildman–Crippen LogP) is 4.29. The largest absolute Gasteiger partial charge is 0.573 e. The fourth-order valence-corrected chi connectivity index (χ4v) is 3.35. The fraction of sp³-hybridized carbons (Fsp3) is 0.278. The maximum atomic E-state index is 12.7. The molecule has 1 aromatic carbocycles. The Morgan fingerprint density at radius 1 is 1.17 bits per heavy atom. The van der Waals surface area contributed by atoms with Crippen molar-refractivity contribution in [3.8, 4) is 5.75 Å². The van der Waals surface area contributed by atoms with E-state index < -0.39 is 34.5 Å². The van der Waals surface area contributed by atoms with Gasteiger partial charge in [-0.25, -0.2) is 0 Å². The zero-order valence-corrected chi connectivity index (χ0v) is 18.1. The van der Waals surface area contributed by atoms with Crippen molar-refractivity contribution in [3.63, 3.8) is 0 Å². The number of anilines is 1. The molecule has 2 aromatic rings. The Morgan fingerprint density at radius 2 is 1.77 bits per heavy atom. The fourth-order valence-electron chi connectivity index (χ4n) is 2.13. The van der Waals surface area contributed by atoms with Crippen molar-refractivity contribution in [2.24, 2.45) is 0 Å². The molecule has 0 atom stereocenters. The highest BCUT2D eigenvalue weighted by molar-refractivity contribution is 7.96. The number of ether oxygens (including phenoxy) is 1. The molecule has 1 amide bonds. The van der Waals surface area contributed by atoms with Crippen molar-refractivity contribution in [2.45, 2.75) is 25.7 Å². The van der Waals surface area contributed by atoms with E-state index in [-0.39, 0.29) is 27.0 Å². The first-order valence-corrected chi connectivity index (χ1v) is 9.91. The Balaban J connectivity index is 2.13. The van der Waals surface area contributed by atoms with Gasteiger partial charge in [0.05, 0.1) is 22.0 Å². The summed E-state index contributed by atoms with van der Waals surface area (Å²) in [5.74, 6) is -1.55. The van der Waals surface area contributed by atoms with Gasteiger partial charge in [-0.2, -0.15) is 0 Å². The Morgan fingerprint density at radius 3 is 2.30 bits per heavy atom. The van der Waals surface area contributed by atoms with Gasteiger partial charge < -0.3 is 10.1 Å². The second-order valence-electron chi connectivity index (χ2n) is 6.53. The van der Waals surface area contributed by atoms with Crippen LogP contribution in [0.3, 0.4) is 0 Å². The van der Waals surface area contributed by atoms with Gasteiger partial charge in [-0.05, 0) is 44.2 Å². The molecule has 0 fully saturated rings. The zero-order valence-electron chi connectivity index (χ0n) is 15.6. The SMILES string of the molecule is CC(C)(NCC(=O)Nc1sc(Cl)cc1C(=O)c1ccc(OC(F)(F)F)cc1)C(=O)S. The highest BCUT2D eigenvalue weighted by Crippen LogP contribution is 2.33. The van der Waals surface area contributed by atoms with E-state index >= 15 is 0 Å². The van der Waals surface area contributed by atoms with Crippen LogP contribution >= 0.6 is 35.6 Å². The van der Waals surface area contributed by atoms with Crippen LogP contribution in [0.5, 0.6) is 5.75 Å². The normalized spacial score (nSPS) is 11.8. The van der Waals surface area contributed by atoms with Crippen LogP contribution in [0.2, 0.25) is 4.34 Å². The first kappa shape index (κ1) is 24.2. The molecule has 0 unspecified atom stereocenters. The number of nitrogens with one attached hydrogen (secondary N) is 2. The van der Waals surface area contributed by atoms with Gasteiger partial charge in [0, 0.05) is 5.56 Å². The summed E-state index contributed by atoms with van der Waals surface area (Å²) in [6.07, 6.45) is -4.84. The summed E-state index contributed by atoms with van der Waals surface area (Å²) in [5.41, 5.74) is -0.881. The molecule has 0 aliphatic carbocycles.